The van der Waals surface area contributed by atoms with Crippen molar-refractivity contribution in [1.29, 1.82) is 0 Å². The summed E-state index contributed by atoms with van der Waals surface area (Å²) in [6.45, 7) is 6.08. The fraction of sp³-hybridized carbons (Fsp3) is 0.600. The first-order valence-corrected chi connectivity index (χ1v) is 7.07. The van der Waals surface area contributed by atoms with Crippen LogP contribution in [0.5, 0.6) is 0 Å². The molecule has 4 nitrogen and oxygen atoms in total. The number of hydrogen-bond acceptors (Lipinski definition) is 3. The summed E-state index contributed by atoms with van der Waals surface area (Å²) in [5.41, 5.74) is 0.712. The van der Waals surface area contributed by atoms with Gasteiger partial charge in [0.1, 0.15) is 5.82 Å². The highest BCUT2D eigenvalue weighted by Gasteiger charge is 2.34. The Morgan fingerprint density at radius 2 is 2.32 bits per heavy atom. The van der Waals surface area contributed by atoms with Gasteiger partial charge in [0.15, 0.2) is 0 Å². The summed E-state index contributed by atoms with van der Waals surface area (Å²) in [6, 6.07) is 3.62. The lowest BCUT2D eigenvalue weighted by Crippen LogP contribution is -2.29. The molecule has 1 amide bonds. The van der Waals surface area contributed by atoms with Gasteiger partial charge in [-0.05, 0) is 36.8 Å². The third-order valence-electron chi connectivity index (χ3n) is 3.69. The molecule has 2 rings (SSSR count). The van der Waals surface area contributed by atoms with E-state index in [0.717, 1.165) is 31.2 Å². The van der Waals surface area contributed by atoms with Crippen molar-refractivity contribution in [3.8, 4) is 0 Å². The normalized spacial score (nSPS) is 21.0. The highest BCUT2D eigenvalue weighted by molar-refractivity contribution is 5.94. The lowest BCUT2D eigenvalue weighted by Gasteiger charge is -2.17. The fourth-order valence-electron chi connectivity index (χ4n) is 2.22. The smallest absolute Gasteiger partial charge is 0.253 e. The van der Waals surface area contributed by atoms with E-state index in [4.69, 9.17) is 0 Å². The summed E-state index contributed by atoms with van der Waals surface area (Å²) in [7, 11) is 1.88. The lowest BCUT2D eigenvalue weighted by molar-refractivity contribution is 0.0787. The topological polar surface area (TPSA) is 45.2 Å². The molecule has 1 aliphatic carbocycles. The molecular formula is C15H23N3O. The molecule has 4 heteroatoms. The molecule has 104 valence electrons. The minimum Gasteiger partial charge on any atom is -0.370 e. The molecule has 2 atom stereocenters. The predicted molar refractivity (Wildman–Crippen MR) is 77.2 cm³/mol. The summed E-state index contributed by atoms with van der Waals surface area (Å²) >= 11 is 0. The van der Waals surface area contributed by atoms with Gasteiger partial charge in [-0.1, -0.05) is 13.8 Å². The first-order valence-electron chi connectivity index (χ1n) is 7.07. The van der Waals surface area contributed by atoms with E-state index < -0.39 is 0 Å². The van der Waals surface area contributed by atoms with Crippen molar-refractivity contribution in [1.82, 2.24) is 9.88 Å². The molecule has 1 saturated carbocycles. The van der Waals surface area contributed by atoms with Gasteiger partial charge in [-0.25, -0.2) is 4.98 Å². The second kappa shape index (κ2) is 6.04. The first kappa shape index (κ1) is 13.8. The average Bonchev–Trinajstić information content (AvgIpc) is 3.11. The molecule has 1 heterocycles. The molecule has 0 radical (unpaired) electrons. The predicted octanol–water partition coefficient (Wildman–Crippen LogP) is 2.63. The zero-order valence-electron chi connectivity index (χ0n) is 12.0. The van der Waals surface area contributed by atoms with Crippen molar-refractivity contribution in [3.05, 3.63) is 23.9 Å². The second-order valence-corrected chi connectivity index (χ2v) is 5.52. The summed E-state index contributed by atoms with van der Waals surface area (Å²) in [5, 5.41) is 3.21. The number of amides is 1. The van der Waals surface area contributed by atoms with Crippen molar-refractivity contribution < 1.29 is 4.79 Å². The third kappa shape index (κ3) is 3.69. The van der Waals surface area contributed by atoms with Crippen molar-refractivity contribution >= 4 is 11.7 Å². The molecule has 0 aliphatic heterocycles. The molecule has 2 unspecified atom stereocenters. The van der Waals surface area contributed by atoms with Gasteiger partial charge in [-0.15, -0.1) is 0 Å². The van der Waals surface area contributed by atoms with Crippen LogP contribution in [0, 0.1) is 11.8 Å². The molecule has 19 heavy (non-hydrogen) atoms. The van der Waals surface area contributed by atoms with Gasteiger partial charge in [-0.3, -0.25) is 4.79 Å². The van der Waals surface area contributed by atoms with E-state index in [9.17, 15) is 4.79 Å². The maximum atomic E-state index is 12.3. The zero-order valence-corrected chi connectivity index (χ0v) is 12.0. The highest BCUT2D eigenvalue weighted by Crippen LogP contribution is 2.38. The third-order valence-corrected chi connectivity index (χ3v) is 3.69. The summed E-state index contributed by atoms with van der Waals surface area (Å²) in [6.07, 6.45) is 3.98. The SMILES string of the molecule is CCCNc1cc(C(=O)N(C)CC2CC2C)ccn1. The number of nitrogens with one attached hydrogen (secondary N) is 1. The fourth-order valence-corrected chi connectivity index (χ4v) is 2.22. The Balaban J connectivity index is 1.97. The molecule has 0 spiro atoms. The van der Waals surface area contributed by atoms with Crippen LogP contribution in [0.1, 0.15) is 37.0 Å². The largest absolute Gasteiger partial charge is 0.370 e. The number of carbonyl (C=O) groups is 1. The van der Waals surface area contributed by atoms with Crippen LogP contribution in [-0.4, -0.2) is 35.9 Å². The van der Waals surface area contributed by atoms with E-state index in [2.05, 4.69) is 24.1 Å². The van der Waals surface area contributed by atoms with E-state index in [0.29, 0.717) is 11.5 Å². The standard InChI is InChI=1S/C15H23N3O/c1-4-6-16-14-9-12(5-7-17-14)15(19)18(3)10-13-8-11(13)2/h5,7,9,11,13H,4,6,8,10H2,1-3H3,(H,16,17). The number of pyridine rings is 1. The summed E-state index contributed by atoms with van der Waals surface area (Å²) in [4.78, 5) is 18.4. The van der Waals surface area contributed by atoms with Crippen molar-refractivity contribution in [2.24, 2.45) is 11.8 Å². The zero-order chi connectivity index (χ0) is 13.8. The van der Waals surface area contributed by atoms with Crippen LogP contribution in [0.2, 0.25) is 0 Å². The minimum atomic E-state index is 0.0843. The number of hydrogen-bond donors (Lipinski definition) is 1. The molecule has 0 bridgehead atoms. The van der Waals surface area contributed by atoms with Gasteiger partial charge in [0.2, 0.25) is 0 Å². The Morgan fingerprint density at radius 1 is 1.58 bits per heavy atom. The Bertz CT molecular complexity index is 447. The Kier molecular flexibility index (Phi) is 4.40. The van der Waals surface area contributed by atoms with Crippen LogP contribution in [-0.2, 0) is 0 Å². The second-order valence-electron chi connectivity index (χ2n) is 5.52. The molecule has 1 aliphatic rings. The quantitative estimate of drug-likeness (QED) is 0.856. The molecule has 1 fully saturated rings. The van der Waals surface area contributed by atoms with E-state index >= 15 is 0 Å². The van der Waals surface area contributed by atoms with E-state index in [1.807, 2.05) is 18.0 Å². The maximum Gasteiger partial charge on any atom is 0.253 e. The molecule has 0 saturated heterocycles. The maximum absolute atomic E-state index is 12.3. The van der Waals surface area contributed by atoms with Gasteiger partial charge in [-0.2, -0.15) is 0 Å². The molecular weight excluding hydrogens is 238 g/mol. The summed E-state index contributed by atoms with van der Waals surface area (Å²) in [5.74, 6) is 2.32. The van der Waals surface area contributed by atoms with Crippen molar-refractivity contribution in [2.75, 3.05) is 25.5 Å². The Morgan fingerprint density at radius 3 is 2.95 bits per heavy atom. The van der Waals surface area contributed by atoms with Crippen LogP contribution >= 0.6 is 0 Å². The number of nitrogens with zero attached hydrogens (tertiary/aromatic N) is 2. The molecule has 1 aromatic heterocycles. The van der Waals surface area contributed by atoms with Crippen LogP contribution < -0.4 is 5.32 Å². The molecule has 0 aromatic carbocycles. The van der Waals surface area contributed by atoms with E-state index in [-0.39, 0.29) is 5.91 Å². The van der Waals surface area contributed by atoms with Crippen LogP contribution in [0.15, 0.2) is 18.3 Å². The van der Waals surface area contributed by atoms with Crippen LogP contribution in [0.25, 0.3) is 0 Å². The average molecular weight is 261 g/mol. The molecule has 1 N–H and O–H groups in total. The van der Waals surface area contributed by atoms with Gasteiger partial charge in [0.05, 0.1) is 0 Å². The minimum absolute atomic E-state index is 0.0843. The van der Waals surface area contributed by atoms with Gasteiger partial charge >= 0.3 is 0 Å². The van der Waals surface area contributed by atoms with Gasteiger partial charge < -0.3 is 10.2 Å². The van der Waals surface area contributed by atoms with Crippen LogP contribution in [0.4, 0.5) is 5.82 Å². The van der Waals surface area contributed by atoms with Crippen LogP contribution in [0.3, 0.4) is 0 Å². The lowest BCUT2D eigenvalue weighted by atomic mass is 10.2. The Hall–Kier alpha value is -1.58. The number of rotatable bonds is 6. The molecule has 1 aromatic rings. The monoisotopic (exact) mass is 261 g/mol. The van der Waals surface area contributed by atoms with E-state index in [1.165, 1.54) is 6.42 Å². The number of carbonyl (C=O) groups excluding carboxylic acids is 1. The first-order chi connectivity index (χ1) is 9.11. The highest BCUT2D eigenvalue weighted by atomic mass is 16.2. The summed E-state index contributed by atoms with van der Waals surface area (Å²) < 4.78 is 0. The van der Waals surface area contributed by atoms with Gasteiger partial charge in [0, 0.05) is 31.9 Å². The number of aromatic nitrogens is 1. The van der Waals surface area contributed by atoms with Crippen molar-refractivity contribution in [2.45, 2.75) is 26.7 Å². The number of anilines is 1. The Labute approximate surface area is 115 Å². The van der Waals surface area contributed by atoms with Gasteiger partial charge in [0.25, 0.3) is 5.91 Å². The van der Waals surface area contributed by atoms with E-state index in [1.54, 1.807) is 12.3 Å². The van der Waals surface area contributed by atoms with Crippen molar-refractivity contribution in [3.63, 3.8) is 0 Å².